The highest BCUT2D eigenvalue weighted by Crippen LogP contribution is 2.16. The number of ether oxygens (including phenoxy) is 1. The SMILES string of the molecule is CC(CC1CNCCO1)N1CCCC1. The molecule has 2 rings (SSSR count). The molecule has 0 aromatic rings. The van der Waals surface area contributed by atoms with E-state index in [4.69, 9.17) is 4.74 Å². The Labute approximate surface area is 86.8 Å². The molecule has 2 atom stereocenters. The number of nitrogens with one attached hydrogen (secondary N) is 1. The van der Waals surface area contributed by atoms with Gasteiger partial charge in [-0.05, 0) is 39.3 Å². The van der Waals surface area contributed by atoms with Crippen LogP contribution in [0.2, 0.25) is 0 Å². The van der Waals surface area contributed by atoms with Crippen LogP contribution in [0.1, 0.15) is 26.2 Å². The zero-order valence-corrected chi connectivity index (χ0v) is 9.17. The van der Waals surface area contributed by atoms with Gasteiger partial charge in [-0.25, -0.2) is 0 Å². The number of hydrogen-bond acceptors (Lipinski definition) is 3. The van der Waals surface area contributed by atoms with E-state index in [-0.39, 0.29) is 0 Å². The number of likely N-dealkylation sites (tertiary alicyclic amines) is 1. The largest absolute Gasteiger partial charge is 0.376 e. The van der Waals surface area contributed by atoms with Crippen molar-refractivity contribution in [1.29, 1.82) is 0 Å². The van der Waals surface area contributed by atoms with Crippen molar-refractivity contribution >= 4 is 0 Å². The van der Waals surface area contributed by atoms with E-state index in [1.54, 1.807) is 0 Å². The van der Waals surface area contributed by atoms with Gasteiger partial charge in [0.15, 0.2) is 0 Å². The van der Waals surface area contributed by atoms with Gasteiger partial charge < -0.3 is 15.0 Å². The summed E-state index contributed by atoms with van der Waals surface area (Å²) in [6, 6.07) is 0.697. The molecule has 3 nitrogen and oxygen atoms in total. The van der Waals surface area contributed by atoms with E-state index in [0.717, 1.165) is 19.7 Å². The maximum atomic E-state index is 5.72. The third-order valence-electron chi connectivity index (χ3n) is 3.37. The molecule has 0 saturated carbocycles. The molecule has 0 aliphatic carbocycles. The summed E-state index contributed by atoms with van der Waals surface area (Å²) in [5.74, 6) is 0. The minimum absolute atomic E-state index is 0.444. The molecule has 14 heavy (non-hydrogen) atoms. The molecule has 2 saturated heterocycles. The number of morpholine rings is 1. The first-order chi connectivity index (χ1) is 6.86. The van der Waals surface area contributed by atoms with E-state index < -0.39 is 0 Å². The molecule has 0 aromatic carbocycles. The van der Waals surface area contributed by atoms with Crippen molar-refractivity contribution in [3.05, 3.63) is 0 Å². The topological polar surface area (TPSA) is 24.5 Å². The summed E-state index contributed by atoms with van der Waals surface area (Å²) in [5, 5.41) is 3.39. The summed E-state index contributed by atoms with van der Waals surface area (Å²) >= 11 is 0. The van der Waals surface area contributed by atoms with Crippen LogP contribution in [0.25, 0.3) is 0 Å². The Hall–Kier alpha value is -0.120. The third kappa shape index (κ3) is 2.69. The average Bonchev–Trinajstić information content (AvgIpc) is 2.72. The van der Waals surface area contributed by atoms with Gasteiger partial charge >= 0.3 is 0 Å². The highest BCUT2D eigenvalue weighted by molar-refractivity contribution is 4.78. The quantitative estimate of drug-likeness (QED) is 0.727. The molecule has 82 valence electrons. The zero-order chi connectivity index (χ0) is 9.80. The number of nitrogens with zero attached hydrogens (tertiary/aromatic N) is 1. The Balaban J connectivity index is 1.72. The van der Waals surface area contributed by atoms with Crippen LogP contribution in [0.4, 0.5) is 0 Å². The molecule has 0 bridgehead atoms. The van der Waals surface area contributed by atoms with Crippen molar-refractivity contribution in [1.82, 2.24) is 10.2 Å². The maximum Gasteiger partial charge on any atom is 0.0714 e. The Bertz CT molecular complexity index is 163. The molecule has 0 radical (unpaired) electrons. The molecular formula is C11H22N2O. The van der Waals surface area contributed by atoms with Crippen LogP contribution < -0.4 is 5.32 Å². The van der Waals surface area contributed by atoms with Crippen LogP contribution in [0.15, 0.2) is 0 Å². The van der Waals surface area contributed by atoms with E-state index in [1.807, 2.05) is 0 Å². The van der Waals surface area contributed by atoms with Crippen molar-refractivity contribution in [2.24, 2.45) is 0 Å². The summed E-state index contributed by atoms with van der Waals surface area (Å²) in [4.78, 5) is 2.60. The van der Waals surface area contributed by atoms with E-state index in [2.05, 4.69) is 17.1 Å². The Morgan fingerprint density at radius 2 is 2.21 bits per heavy atom. The summed E-state index contributed by atoms with van der Waals surface area (Å²) < 4.78 is 5.72. The van der Waals surface area contributed by atoms with Gasteiger partial charge in [0.25, 0.3) is 0 Å². The van der Waals surface area contributed by atoms with Crippen LogP contribution in [-0.4, -0.2) is 49.8 Å². The highest BCUT2D eigenvalue weighted by Gasteiger charge is 2.22. The van der Waals surface area contributed by atoms with Crippen LogP contribution in [0.3, 0.4) is 0 Å². The molecule has 2 unspecified atom stereocenters. The van der Waals surface area contributed by atoms with Gasteiger partial charge in [0.2, 0.25) is 0 Å². The number of rotatable bonds is 3. The fourth-order valence-corrected chi connectivity index (χ4v) is 2.48. The van der Waals surface area contributed by atoms with Crippen molar-refractivity contribution in [3.8, 4) is 0 Å². The second-order valence-corrected chi connectivity index (χ2v) is 4.52. The predicted octanol–water partition coefficient (Wildman–Crippen LogP) is 0.849. The monoisotopic (exact) mass is 198 g/mol. The van der Waals surface area contributed by atoms with Crippen molar-refractivity contribution in [2.75, 3.05) is 32.8 Å². The lowest BCUT2D eigenvalue weighted by molar-refractivity contribution is 0.00893. The average molecular weight is 198 g/mol. The fraction of sp³-hybridized carbons (Fsp3) is 1.00. The molecule has 2 aliphatic rings. The molecule has 2 aliphatic heterocycles. The van der Waals surface area contributed by atoms with Crippen LogP contribution in [0, 0.1) is 0 Å². The minimum Gasteiger partial charge on any atom is -0.376 e. The van der Waals surface area contributed by atoms with E-state index in [9.17, 15) is 0 Å². The Kier molecular flexibility index (Phi) is 3.79. The summed E-state index contributed by atoms with van der Waals surface area (Å²) in [6.45, 7) is 7.87. The summed E-state index contributed by atoms with van der Waals surface area (Å²) in [6.07, 6.45) is 4.40. The molecule has 3 heteroatoms. The van der Waals surface area contributed by atoms with Crippen molar-refractivity contribution in [3.63, 3.8) is 0 Å². The van der Waals surface area contributed by atoms with Gasteiger partial charge in [0.1, 0.15) is 0 Å². The molecule has 0 spiro atoms. The van der Waals surface area contributed by atoms with Crippen LogP contribution >= 0.6 is 0 Å². The zero-order valence-electron chi connectivity index (χ0n) is 9.17. The van der Waals surface area contributed by atoms with Crippen LogP contribution in [0.5, 0.6) is 0 Å². The standard InChI is InChI=1S/C11H22N2O/c1-10(13-5-2-3-6-13)8-11-9-12-4-7-14-11/h10-12H,2-9H2,1H3. The molecule has 1 N–H and O–H groups in total. The first-order valence-electron chi connectivity index (χ1n) is 5.92. The lowest BCUT2D eigenvalue weighted by Gasteiger charge is -2.30. The molecular weight excluding hydrogens is 176 g/mol. The van der Waals surface area contributed by atoms with Gasteiger partial charge in [-0.3, -0.25) is 0 Å². The number of hydrogen-bond donors (Lipinski definition) is 1. The highest BCUT2D eigenvalue weighted by atomic mass is 16.5. The first kappa shape index (κ1) is 10.4. The lowest BCUT2D eigenvalue weighted by Crippen LogP contribution is -2.42. The Morgan fingerprint density at radius 1 is 1.43 bits per heavy atom. The second kappa shape index (κ2) is 5.10. The summed E-state index contributed by atoms with van der Waals surface area (Å²) in [7, 11) is 0. The molecule has 0 amide bonds. The van der Waals surface area contributed by atoms with Gasteiger partial charge in [-0.2, -0.15) is 0 Å². The van der Waals surface area contributed by atoms with Gasteiger partial charge in [0, 0.05) is 19.1 Å². The van der Waals surface area contributed by atoms with Gasteiger partial charge in [0.05, 0.1) is 12.7 Å². The first-order valence-corrected chi connectivity index (χ1v) is 5.92. The minimum atomic E-state index is 0.444. The predicted molar refractivity (Wildman–Crippen MR) is 57.5 cm³/mol. The van der Waals surface area contributed by atoms with E-state index in [1.165, 1.54) is 32.4 Å². The van der Waals surface area contributed by atoms with Gasteiger partial charge in [-0.1, -0.05) is 0 Å². The lowest BCUT2D eigenvalue weighted by atomic mass is 10.1. The maximum absolute atomic E-state index is 5.72. The molecule has 0 aromatic heterocycles. The Morgan fingerprint density at radius 3 is 2.86 bits per heavy atom. The van der Waals surface area contributed by atoms with E-state index in [0.29, 0.717) is 12.1 Å². The van der Waals surface area contributed by atoms with E-state index >= 15 is 0 Å². The normalized spacial score (nSPS) is 31.9. The molecule has 2 heterocycles. The smallest absolute Gasteiger partial charge is 0.0714 e. The van der Waals surface area contributed by atoms with Crippen molar-refractivity contribution < 1.29 is 4.74 Å². The van der Waals surface area contributed by atoms with Gasteiger partial charge in [-0.15, -0.1) is 0 Å². The summed E-state index contributed by atoms with van der Waals surface area (Å²) in [5.41, 5.74) is 0. The third-order valence-corrected chi connectivity index (χ3v) is 3.37. The second-order valence-electron chi connectivity index (χ2n) is 4.52. The van der Waals surface area contributed by atoms with Crippen LogP contribution in [-0.2, 0) is 4.74 Å². The fourth-order valence-electron chi connectivity index (χ4n) is 2.48. The van der Waals surface area contributed by atoms with Crippen molar-refractivity contribution in [2.45, 2.75) is 38.3 Å². The molecule has 2 fully saturated rings.